The fraction of sp³-hybridized carbons (Fsp3) is 0.409. The van der Waals surface area contributed by atoms with Crippen molar-refractivity contribution in [2.45, 2.75) is 31.7 Å². The Bertz CT molecular complexity index is 750. The minimum atomic E-state index is -0.204. The standard InChI is InChI=1S/C22H28FN3O/c1-17-3-5-18(6-4-17)15-25-21(24-2)26-16-22(11-13-27-14-12-22)19-7-9-20(23)10-8-19/h3-10H,11-16H2,1-2H3,(H2,24,25,26). The number of nitrogens with one attached hydrogen (secondary N) is 2. The average Bonchev–Trinajstić information content (AvgIpc) is 2.70. The van der Waals surface area contributed by atoms with Crippen molar-refractivity contribution in [3.63, 3.8) is 0 Å². The van der Waals surface area contributed by atoms with Crippen LogP contribution in [0.15, 0.2) is 53.5 Å². The van der Waals surface area contributed by atoms with Crippen molar-refractivity contribution >= 4 is 5.96 Å². The third kappa shape index (κ3) is 5.07. The maximum absolute atomic E-state index is 13.4. The van der Waals surface area contributed by atoms with Crippen molar-refractivity contribution in [3.05, 3.63) is 71.0 Å². The molecule has 0 bridgehead atoms. The van der Waals surface area contributed by atoms with Gasteiger partial charge in [0.1, 0.15) is 5.82 Å². The zero-order valence-corrected chi connectivity index (χ0v) is 16.1. The summed E-state index contributed by atoms with van der Waals surface area (Å²) < 4.78 is 18.9. The highest BCUT2D eigenvalue weighted by Crippen LogP contribution is 2.34. The van der Waals surface area contributed by atoms with Crippen molar-refractivity contribution in [3.8, 4) is 0 Å². The molecular weight excluding hydrogens is 341 g/mol. The van der Waals surface area contributed by atoms with Gasteiger partial charge in [-0.1, -0.05) is 42.0 Å². The summed E-state index contributed by atoms with van der Waals surface area (Å²) in [4.78, 5) is 4.35. The summed E-state index contributed by atoms with van der Waals surface area (Å²) in [5.41, 5.74) is 3.53. The number of aryl methyl sites for hydroxylation is 1. The highest BCUT2D eigenvalue weighted by Gasteiger charge is 2.34. The van der Waals surface area contributed by atoms with Crippen LogP contribution in [0.3, 0.4) is 0 Å². The van der Waals surface area contributed by atoms with Crippen LogP contribution < -0.4 is 10.6 Å². The van der Waals surface area contributed by atoms with Crippen LogP contribution in [0.25, 0.3) is 0 Å². The normalized spacial score (nSPS) is 16.8. The van der Waals surface area contributed by atoms with E-state index in [2.05, 4.69) is 46.8 Å². The van der Waals surface area contributed by atoms with Gasteiger partial charge in [0.05, 0.1) is 0 Å². The molecule has 0 aliphatic carbocycles. The quantitative estimate of drug-likeness (QED) is 0.626. The van der Waals surface area contributed by atoms with Crippen LogP contribution in [0.5, 0.6) is 0 Å². The third-order valence-corrected chi connectivity index (χ3v) is 5.30. The van der Waals surface area contributed by atoms with Crippen molar-refractivity contribution in [2.75, 3.05) is 26.8 Å². The summed E-state index contributed by atoms with van der Waals surface area (Å²) in [6, 6.07) is 15.3. The number of benzene rings is 2. The summed E-state index contributed by atoms with van der Waals surface area (Å²) in [5, 5.41) is 6.83. The van der Waals surface area contributed by atoms with Crippen LogP contribution in [0.1, 0.15) is 29.5 Å². The Morgan fingerprint density at radius 2 is 1.70 bits per heavy atom. The first-order valence-electron chi connectivity index (χ1n) is 9.45. The molecule has 4 nitrogen and oxygen atoms in total. The molecule has 1 saturated heterocycles. The van der Waals surface area contributed by atoms with Gasteiger partial charge in [0.15, 0.2) is 5.96 Å². The molecule has 5 heteroatoms. The van der Waals surface area contributed by atoms with Crippen LogP contribution in [-0.4, -0.2) is 32.8 Å². The highest BCUT2D eigenvalue weighted by molar-refractivity contribution is 5.79. The van der Waals surface area contributed by atoms with Gasteiger partial charge in [-0.25, -0.2) is 4.39 Å². The van der Waals surface area contributed by atoms with E-state index in [1.54, 1.807) is 7.05 Å². The molecular formula is C22H28FN3O. The van der Waals surface area contributed by atoms with Crippen LogP contribution in [0.4, 0.5) is 4.39 Å². The molecule has 0 spiro atoms. The molecule has 0 unspecified atom stereocenters. The second-order valence-electron chi connectivity index (χ2n) is 7.16. The molecule has 144 valence electrons. The fourth-order valence-corrected chi connectivity index (χ4v) is 3.50. The van der Waals surface area contributed by atoms with E-state index in [0.717, 1.165) is 30.9 Å². The summed E-state index contributed by atoms with van der Waals surface area (Å²) in [6.45, 7) is 4.96. The van der Waals surface area contributed by atoms with Crippen molar-refractivity contribution in [2.24, 2.45) is 4.99 Å². The molecule has 1 aliphatic rings. The van der Waals surface area contributed by atoms with Gasteiger partial charge in [-0.15, -0.1) is 0 Å². The number of hydrogen-bond donors (Lipinski definition) is 2. The van der Waals surface area contributed by atoms with Gasteiger partial charge in [-0.3, -0.25) is 4.99 Å². The average molecular weight is 369 g/mol. The number of ether oxygens (including phenoxy) is 1. The zero-order chi connectivity index (χ0) is 19.1. The molecule has 3 rings (SSSR count). The third-order valence-electron chi connectivity index (χ3n) is 5.30. The van der Waals surface area contributed by atoms with E-state index in [1.807, 2.05) is 12.1 Å². The van der Waals surface area contributed by atoms with Crippen LogP contribution in [0.2, 0.25) is 0 Å². The van der Waals surface area contributed by atoms with E-state index in [-0.39, 0.29) is 11.2 Å². The lowest BCUT2D eigenvalue weighted by Crippen LogP contribution is -2.47. The van der Waals surface area contributed by atoms with E-state index in [9.17, 15) is 4.39 Å². The molecule has 0 radical (unpaired) electrons. The first-order chi connectivity index (χ1) is 13.1. The van der Waals surface area contributed by atoms with Gasteiger partial charge in [0.25, 0.3) is 0 Å². The maximum atomic E-state index is 13.4. The largest absolute Gasteiger partial charge is 0.381 e. The number of guanidine groups is 1. The van der Waals surface area contributed by atoms with Crippen LogP contribution >= 0.6 is 0 Å². The van der Waals surface area contributed by atoms with Gasteiger partial charge >= 0.3 is 0 Å². The Kier molecular flexibility index (Phi) is 6.45. The number of rotatable bonds is 5. The first-order valence-corrected chi connectivity index (χ1v) is 9.45. The molecule has 0 amide bonds. The SMILES string of the molecule is CN=C(NCc1ccc(C)cc1)NCC1(c2ccc(F)cc2)CCOCC1. The first kappa shape index (κ1) is 19.4. The molecule has 0 atom stereocenters. The summed E-state index contributed by atoms with van der Waals surface area (Å²) in [6.07, 6.45) is 1.81. The highest BCUT2D eigenvalue weighted by atomic mass is 19.1. The minimum Gasteiger partial charge on any atom is -0.381 e. The smallest absolute Gasteiger partial charge is 0.191 e. The van der Waals surface area contributed by atoms with Crippen LogP contribution in [0, 0.1) is 12.7 Å². The summed E-state index contributed by atoms with van der Waals surface area (Å²) in [5.74, 6) is 0.563. The predicted molar refractivity (Wildman–Crippen MR) is 108 cm³/mol. The molecule has 27 heavy (non-hydrogen) atoms. The van der Waals surface area contributed by atoms with Gasteiger partial charge in [-0.05, 0) is 43.0 Å². The van der Waals surface area contributed by atoms with E-state index >= 15 is 0 Å². The second kappa shape index (κ2) is 9.00. The lowest BCUT2D eigenvalue weighted by Gasteiger charge is -2.38. The Labute approximate surface area is 160 Å². The molecule has 1 aliphatic heterocycles. The minimum absolute atomic E-state index is 0.0760. The van der Waals surface area contributed by atoms with Crippen LogP contribution in [-0.2, 0) is 16.7 Å². The maximum Gasteiger partial charge on any atom is 0.191 e. The summed E-state index contributed by atoms with van der Waals surface area (Å²) >= 11 is 0. The topological polar surface area (TPSA) is 45.7 Å². The van der Waals surface area contributed by atoms with Gasteiger partial charge < -0.3 is 15.4 Å². The van der Waals surface area contributed by atoms with E-state index in [0.29, 0.717) is 19.8 Å². The van der Waals surface area contributed by atoms with Crippen molar-refractivity contribution in [1.29, 1.82) is 0 Å². The van der Waals surface area contributed by atoms with Gasteiger partial charge in [-0.2, -0.15) is 0 Å². The van der Waals surface area contributed by atoms with Gasteiger partial charge in [0.2, 0.25) is 0 Å². The molecule has 0 aromatic heterocycles. The summed E-state index contributed by atoms with van der Waals surface area (Å²) in [7, 11) is 1.78. The monoisotopic (exact) mass is 369 g/mol. The number of aliphatic imine (C=N–C) groups is 1. The Morgan fingerprint density at radius 3 is 2.33 bits per heavy atom. The fourth-order valence-electron chi connectivity index (χ4n) is 3.50. The lowest BCUT2D eigenvalue weighted by atomic mass is 9.74. The van der Waals surface area contributed by atoms with Crippen molar-refractivity contribution < 1.29 is 9.13 Å². The van der Waals surface area contributed by atoms with E-state index in [1.165, 1.54) is 23.3 Å². The Hall–Kier alpha value is -2.40. The molecule has 2 aromatic carbocycles. The van der Waals surface area contributed by atoms with E-state index < -0.39 is 0 Å². The number of halogens is 1. The van der Waals surface area contributed by atoms with Crippen molar-refractivity contribution in [1.82, 2.24) is 10.6 Å². The van der Waals surface area contributed by atoms with E-state index in [4.69, 9.17) is 4.74 Å². The second-order valence-corrected chi connectivity index (χ2v) is 7.16. The molecule has 0 saturated carbocycles. The Morgan fingerprint density at radius 1 is 1.04 bits per heavy atom. The number of hydrogen-bond acceptors (Lipinski definition) is 2. The molecule has 2 N–H and O–H groups in total. The predicted octanol–water partition coefficient (Wildman–Crippen LogP) is 3.55. The Balaban J connectivity index is 1.64. The lowest BCUT2D eigenvalue weighted by molar-refractivity contribution is 0.0513. The molecule has 2 aromatic rings. The molecule has 1 heterocycles. The number of nitrogens with zero attached hydrogens (tertiary/aromatic N) is 1. The zero-order valence-electron chi connectivity index (χ0n) is 16.1. The van der Waals surface area contributed by atoms with Gasteiger partial charge in [0, 0.05) is 38.8 Å². The molecule has 1 fully saturated rings.